The third-order valence-corrected chi connectivity index (χ3v) is 3.91. The molecule has 1 aliphatic rings. The van der Waals surface area contributed by atoms with E-state index in [1.165, 1.54) is 30.5 Å². The van der Waals surface area contributed by atoms with Gasteiger partial charge in [-0.05, 0) is 49.4 Å². The molecule has 0 saturated carbocycles. The van der Waals surface area contributed by atoms with E-state index >= 15 is 0 Å². The van der Waals surface area contributed by atoms with Gasteiger partial charge in [-0.1, -0.05) is 6.07 Å². The molecule has 3 rings (SSSR count). The summed E-state index contributed by atoms with van der Waals surface area (Å²) in [5.41, 5.74) is 3.74. The van der Waals surface area contributed by atoms with E-state index in [2.05, 4.69) is 27.8 Å². The molecule has 1 aliphatic carbocycles. The summed E-state index contributed by atoms with van der Waals surface area (Å²) in [5.74, 6) is 1.63. The molecule has 0 atom stereocenters. The van der Waals surface area contributed by atoms with Crippen LogP contribution >= 0.6 is 24.0 Å². The Bertz CT molecular complexity index is 640. The van der Waals surface area contributed by atoms with Crippen LogP contribution in [0.15, 0.2) is 39.9 Å². The Labute approximate surface area is 154 Å². The quantitative estimate of drug-likeness (QED) is 0.448. The normalized spacial score (nSPS) is 13.9. The highest BCUT2D eigenvalue weighted by Crippen LogP contribution is 2.19. The molecule has 0 fully saturated rings. The Hall–Kier alpha value is -1.57. The van der Waals surface area contributed by atoms with Gasteiger partial charge in [0, 0.05) is 12.7 Å². The Balaban J connectivity index is 0.00000192. The molecule has 0 amide bonds. The fourth-order valence-corrected chi connectivity index (χ4v) is 2.70. The Morgan fingerprint density at radius 3 is 2.78 bits per heavy atom. The summed E-state index contributed by atoms with van der Waals surface area (Å²) in [4.78, 5) is 8.98. The zero-order valence-corrected chi connectivity index (χ0v) is 15.7. The van der Waals surface area contributed by atoms with Gasteiger partial charge >= 0.3 is 0 Å². The Kier molecular flexibility index (Phi) is 6.88. The number of hydrogen-bond acceptors (Lipinski definition) is 3. The van der Waals surface area contributed by atoms with Crippen LogP contribution in [0.5, 0.6) is 0 Å². The third kappa shape index (κ3) is 4.95. The molecule has 0 bridgehead atoms. The van der Waals surface area contributed by atoms with Crippen LogP contribution in [0.4, 0.5) is 0 Å². The zero-order valence-electron chi connectivity index (χ0n) is 13.3. The third-order valence-electron chi connectivity index (χ3n) is 3.91. The molecule has 0 spiro atoms. The summed E-state index contributed by atoms with van der Waals surface area (Å²) in [7, 11) is 1.76. The van der Waals surface area contributed by atoms with Crippen LogP contribution in [-0.2, 0) is 25.9 Å². The van der Waals surface area contributed by atoms with E-state index < -0.39 is 0 Å². The molecule has 2 aromatic rings. The smallest absolute Gasteiger partial charge is 0.191 e. The van der Waals surface area contributed by atoms with Crippen molar-refractivity contribution in [3.8, 4) is 0 Å². The molecule has 0 radical (unpaired) electrons. The van der Waals surface area contributed by atoms with E-state index in [1.807, 2.05) is 12.1 Å². The molecule has 2 aromatic heterocycles. The number of guanidine groups is 1. The molecular weight excluding hydrogens is 403 g/mol. The first-order valence-electron chi connectivity index (χ1n) is 7.80. The van der Waals surface area contributed by atoms with Crippen LogP contribution in [0.2, 0.25) is 0 Å². The predicted molar refractivity (Wildman–Crippen MR) is 102 cm³/mol. The van der Waals surface area contributed by atoms with Gasteiger partial charge in [0.1, 0.15) is 5.76 Å². The van der Waals surface area contributed by atoms with E-state index in [0.717, 1.165) is 23.8 Å². The van der Waals surface area contributed by atoms with Gasteiger partial charge in [-0.3, -0.25) is 9.98 Å². The van der Waals surface area contributed by atoms with Crippen molar-refractivity contribution in [3.63, 3.8) is 0 Å². The number of furan rings is 1. The van der Waals surface area contributed by atoms with E-state index in [9.17, 15) is 0 Å². The van der Waals surface area contributed by atoms with Gasteiger partial charge in [-0.25, -0.2) is 0 Å². The lowest BCUT2D eigenvalue weighted by Gasteiger charge is -2.16. The maximum Gasteiger partial charge on any atom is 0.191 e. The molecule has 0 aromatic carbocycles. The first-order valence-corrected chi connectivity index (χ1v) is 7.80. The highest BCUT2D eigenvalue weighted by molar-refractivity contribution is 14.0. The van der Waals surface area contributed by atoms with Crippen molar-refractivity contribution in [2.45, 2.75) is 38.8 Å². The van der Waals surface area contributed by atoms with Crippen molar-refractivity contribution < 1.29 is 4.42 Å². The van der Waals surface area contributed by atoms with Crippen molar-refractivity contribution in [1.29, 1.82) is 0 Å². The Morgan fingerprint density at radius 2 is 2.00 bits per heavy atom. The van der Waals surface area contributed by atoms with Crippen LogP contribution < -0.4 is 10.6 Å². The summed E-state index contributed by atoms with van der Waals surface area (Å²) in [6.45, 7) is 1.29. The highest BCUT2D eigenvalue weighted by Gasteiger charge is 2.11. The first kappa shape index (κ1) is 17.8. The second-order valence-corrected chi connectivity index (χ2v) is 5.47. The molecule has 2 N–H and O–H groups in total. The van der Waals surface area contributed by atoms with Gasteiger partial charge in [-0.2, -0.15) is 0 Å². The van der Waals surface area contributed by atoms with Gasteiger partial charge in [0.25, 0.3) is 0 Å². The summed E-state index contributed by atoms with van der Waals surface area (Å²) in [5, 5.41) is 6.51. The van der Waals surface area contributed by atoms with Gasteiger partial charge in [0.2, 0.25) is 0 Å². The van der Waals surface area contributed by atoms with E-state index in [0.29, 0.717) is 13.1 Å². The number of aliphatic imine (C=N–C) groups is 1. The monoisotopic (exact) mass is 426 g/mol. The zero-order chi connectivity index (χ0) is 15.2. The average molecular weight is 426 g/mol. The van der Waals surface area contributed by atoms with Crippen molar-refractivity contribution >= 4 is 29.9 Å². The maximum atomic E-state index is 5.30. The molecule has 2 heterocycles. The number of rotatable bonds is 4. The predicted octanol–water partition coefficient (Wildman–Crippen LogP) is 3.04. The fourth-order valence-electron chi connectivity index (χ4n) is 2.70. The maximum absolute atomic E-state index is 5.30. The molecule has 0 saturated heterocycles. The van der Waals surface area contributed by atoms with Gasteiger partial charge in [0.05, 0.1) is 25.0 Å². The number of fused-ring (bicyclic) bond motifs is 1. The number of nitrogens with one attached hydrogen (secondary N) is 2. The number of aromatic nitrogens is 1. The first-order chi connectivity index (χ1) is 10.8. The van der Waals surface area contributed by atoms with Gasteiger partial charge in [0.15, 0.2) is 5.96 Å². The Morgan fingerprint density at radius 1 is 1.17 bits per heavy atom. The lowest BCUT2D eigenvalue weighted by atomic mass is 9.96. The van der Waals surface area contributed by atoms with Crippen molar-refractivity contribution in [1.82, 2.24) is 15.6 Å². The van der Waals surface area contributed by atoms with Gasteiger partial charge in [-0.15, -0.1) is 24.0 Å². The number of nitrogens with zero attached hydrogens (tertiary/aromatic N) is 2. The molecule has 23 heavy (non-hydrogen) atoms. The number of hydrogen-bond donors (Lipinski definition) is 2. The molecule has 6 heteroatoms. The number of pyridine rings is 1. The van der Waals surface area contributed by atoms with Crippen LogP contribution in [0.3, 0.4) is 0 Å². The molecule has 0 unspecified atom stereocenters. The standard InChI is InChI=1S/C17H22N4O.HI/c1-18-17(20-12-15-6-4-10-22-15)19-11-14-9-8-13-5-2-3-7-16(13)21-14;/h4,6,8-10H,2-3,5,7,11-12H2,1H3,(H2,18,19,20);1H. The summed E-state index contributed by atoms with van der Waals surface area (Å²) < 4.78 is 5.30. The minimum Gasteiger partial charge on any atom is -0.467 e. The van der Waals surface area contributed by atoms with Crippen LogP contribution in [-0.4, -0.2) is 18.0 Å². The lowest BCUT2D eigenvalue weighted by molar-refractivity contribution is 0.501. The lowest BCUT2D eigenvalue weighted by Crippen LogP contribution is -2.36. The summed E-state index contributed by atoms with van der Waals surface area (Å²) in [6.07, 6.45) is 6.49. The molecular formula is C17H23IN4O. The molecule has 124 valence electrons. The summed E-state index contributed by atoms with van der Waals surface area (Å²) in [6, 6.07) is 8.14. The van der Waals surface area contributed by atoms with Crippen molar-refractivity contribution in [3.05, 3.63) is 53.2 Å². The van der Waals surface area contributed by atoms with E-state index in [1.54, 1.807) is 13.3 Å². The van der Waals surface area contributed by atoms with E-state index in [-0.39, 0.29) is 24.0 Å². The van der Waals surface area contributed by atoms with Crippen molar-refractivity contribution in [2.24, 2.45) is 4.99 Å². The highest BCUT2D eigenvalue weighted by atomic mass is 127. The number of aryl methyl sites for hydroxylation is 2. The van der Waals surface area contributed by atoms with Crippen LogP contribution in [0, 0.1) is 0 Å². The SMILES string of the molecule is CN=C(NCc1ccc2c(n1)CCCC2)NCc1ccco1.I. The average Bonchev–Trinajstić information content (AvgIpc) is 3.08. The number of halogens is 1. The molecule has 5 nitrogen and oxygen atoms in total. The summed E-state index contributed by atoms with van der Waals surface area (Å²) >= 11 is 0. The molecule has 0 aliphatic heterocycles. The largest absolute Gasteiger partial charge is 0.467 e. The van der Waals surface area contributed by atoms with Crippen LogP contribution in [0.25, 0.3) is 0 Å². The minimum absolute atomic E-state index is 0. The van der Waals surface area contributed by atoms with Crippen LogP contribution in [0.1, 0.15) is 35.6 Å². The fraction of sp³-hybridized carbons (Fsp3) is 0.412. The topological polar surface area (TPSA) is 62.5 Å². The van der Waals surface area contributed by atoms with E-state index in [4.69, 9.17) is 9.40 Å². The minimum atomic E-state index is 0. The van der Waals surface area contributed by atoms with Crippen molar-refractivity contribution in [2.75, 3.05) is 7.05 Å². The second kappa shape index (κ2) is 8.90. The second-order valence-electron chi connectivity index (χ2n) is 5.47. The van der Waals surface area contributed by atoms with Gasteiger partial charge < -0.3 is 15.1 Å².